The van der Waals surface area contributed by atoms with Crippen LogP contribution in [0.15, 0.2) is 52.4 Å². The van der Waals surface area contributed by atoms with Gasteiger partial charge in [-0.2, -0.15) is 0 Å². The maximum atomic E-state index is 11.2. The number of benzene rings is 2. The molecule has 0 heterocycles. The van der Waals surface area contributed by atoms with Gasteiger partial charge in [0.05, 0.1) is 17.2 Å². The minimum Gasteiger partial charge on any atom is -0.504 e. The number of hydrogen-bond acceptors (Lipinski definition) is 5. The average Bonchev–Trinajstić information content (AvgIpc) is 2.48. The Hall–Kier alpha value is -2.38. The van der Waals surface area contributed by atoms with Gasteiger partial charge in [-0.25, -0.2) is 13.6 Å². The molecule has 2 aromatic carbocycles. The third kappa shape index (κ3) is 4.06. The topological polar surface area (TPSA) is 102 Å². The molecule has 0 aliphatic rings. The molecule has 2 rings (SSSR count). The molecule has 0 fully saturated rings. The zero-order valence-corrected chi connectivity index (χ0v) is 12.7. The molecule has 0 bridgehead atoms. The van der Waals surface area contributed by atoms with Gasteiger partial charge in [0.1, 0.15) is 0 Å². The van der Waals surface area contributed by atoms with E-state index in [4.69, 9.17) is 9.88 Å². The molecule has 7 heteroatoms. The van der Waals surface area contributed by atoms with Crippen LogP contribution in [-0.4, -0.2) is 26.3 Å². The lowest BCUT2D eigenvalue weighted by Crippen LogP contribution is -2.11. The summed E-state index contributed by atoms with van der Waals surface area (Å²) in [5, 5.41) is 14.6. The quantitative estimate of drug-likeness (QED) is 0.824. The lowest BCUT2D eigenvalue weighted by atomic mass is 10.2. The van der Waals surface area contributed by atoms with Gasteiger partial charge in [-0.3, -0.25) is 4.99 Å². The van der Waals surface area contributed by atoms with Crippen molar-refractivity contribution in [2.75, 3.05) is 6.61 Å². The van der Waals surface area contributed by atoms with Crippen molar-refractivity contribution in [2.24, 2.45) is 10.1 Å². The lowest BCUT2D eigenvalue weighted by Gasteiger charge is -2.06. The van der Waals surface area contributed by atoms with E-state index in [-0.39, 0.29) is 10.6 Å². The first-order chi connectivity index (χ1) is 10.4. The summed E-state index contributed by atoms with van der Waals surface area (Å²) >= 11 is 0. The average molecular weight is 320 g/mol. The first-order valence-corrected chi connectivity index (χ1v) is 8.07. The molecule has 6 nitrogen and oxygen atoms in total. The molecule has 0 saturated carbocycles. The summed E-state index contributed by atoms with van der Waals surface area (Å²) in [5.41, 5.74) is 1.33. The second-order valence-corrected chi connectivity index (χ2v) is 6.02. The van der Waals surface area contributed by atoms with Crippen molar-refractivity contribution in [3.05, 3.63) is 48.0 Å². The van der Waals surface area contributed by atoms with Crippen LogP contribution in [0.4, 0.5) is 5.69 Å². The number of phenolic OH excluding ortho intramolecular Hbond substituents is 1. The number of aromatic hydroxyl groups is 1. The van der Waals surface area contributed by atoms with Crippen LogP contribution >= 0.6 is 0 Å². The molecule has 3 N–H and O–H groups in total. The number of rotatable bonds is 5. The highest BCUT2D eigenvalue weighted by Crippen LogP contribution is 2.26. The number of hydrogen-bond donors (Lipinski definition) is 2. The highest BCUT2D eigenvalue weighted by atomic mass is 32.2. The highest BCUT2D eigenvalue weighted by Gasteiger charge is 2.06. The van der Waals surface area contributed by atoms with Gasteiger partial charge in [-0.05, 0) is 55.0 Å². The Morgan fingerprint density at radius 2 is 1.91 bits per heavy atom. The lowest BCUT2D eigenvalue weighted by molar-refractivity contribution is 0.318. The predicted molar refractivity (Wildman–Crippen MR) is 84.3 cm³/mol. The Morgan fingerprint density at radius 3 is 2.50 bits per heavy atom. The Kier molecular flexibility index (Phi) is 4.79. The van der Waals surface area contributed by atoms with E-state index in [1.165, 1.54) is 18.2 Å². The molecule has 0 amide bonds. The van der Waals surface area contributed by atoms with E-state index in [9.17, 15) is 13.5 Å². The van der Waals surface area contributed by atoms with E-state index >= 15 is 0 Å². The van der Waals surface area contributed by atoms with Crippen LogP contribution < -0.4 is 9.88 Å². The van der Waals surface area contributed by atoms with E-state index in [2.05, 4.69) is 4.99 Å². The van der Waals surface area contributed by atoms with Gasteiger partial charge >= 0.3 is 0 Å². The first-order valence-electron chi connectivity index (χ1n) is 6.53. The third-order valence-electron chi connectivity index (χ3n) is 2.81. The fraction of sp³-hybridized carbons (Fsp3) is 0.133. The van der Waals surface area contributed by atoms with Gasteiger partial charge < -0.3 is 9.84 Å². The maximum Gasteiger partial charge on any atom is 0.238 e. The molecule has 116 valence electrons. The fourth-order valence-corrected chi connectivity index (χ4v) is 2.27. The number of ether oxygens (including phenoxy) is 1. The second kappa shape index (κ2) is 6.59. The summed E-state index contributed by atoms with van der Waals surface area (Å²) < 4.78 is 27.6. The Bertz CT molecular complexity index is 784. The summed E-state index contributed by atoms with van der Waals surface area (Å²) in [7, 11) is -3.70. The molecule has 0 saturated heterocycles. The highest BCUT2D eigenvalue weighted by molar-refractivity contribution is 7.89. The van der Waals surface area contributed by atoms with Gasteiger partial charge in [0.25, 0.3) is 0 Å². The van der Waals surface area contributed by atoms with E-state index in [0.29, 0.717) is 18.0 Å². The first kappa shape index (κ1) is 16.0. The van der Waals surface area contributed by atoms with Crippen LogP contribution in [-0.2, 0) is 10.0 Å². The predicted octanol–water partition coefficient (Wildman–Crippen LogP) is 2.19. The van der Waals surface area contributed by atoms with Crippen LogP contribution in [0, 0.1) is 0 Å². The maximum absolute atomic E-state index is 11.2. The molecule has 22 heavy (non-hydrogen) atoms. The zero-order chi connectivity index (χ0) is 16.2. The van der Waals surface area contributed by atoms with Gasteiger partial charge in [-0.1, -0.05) is 0 Å². The summed E-state index contributed by atoms with van der Waals surface area (Å²) in [6.07, 6.45) is 1.59. The summed E-state index contributed by atoms with van der Waals surface area (Å²) in [5.74, 6) is 0.451. The van der Waals surface area contributed by atoms with Gasteiger partial charge in [-0.15, -0.1) is 0 Å². The molecule has 0 atom stereocenters. The van der Waals surface area contributed by atoms with Gasteiger partial charge in [0.15, 0.2) is 11.5 Å². The Labute approximate surface area is 128 Å². The van der Waals surface area contributed by atoms with E-state index in [0.717, 1.165) is 5.56 Å². The number of primary sulfonamides is 1. The standard InChI is InChI=1S/C15H16N2O4S/c1-2-21-15-9-11(3-8-14(15)18)10-17-12-4-6-13(7-5-12)22(16,19)20/h3-10,18H,2H2,1H3,(H2,16,19,20)/b17-10+. The number of aliphatic imine (C=N–C) groups is 1. The van der Waals surface area contributed by atoms with Crippen LogP contribution in [0.5, 0.6) is 11.5 Å². The summed E-state index contributed by atoms with van der Waals surface area (Å²) in [4.78, 5) is 4.27. The van der Waals surface area contributed by atoms with Crippen molar-refractivity contribution in [1.82, 2.24) is 0 Å². The number of phenols is 1. The second-order valence-electron chi connectivity index (χ2n) is 4.46. The van der Waals surface area contributed by atoms with Gasteiger partial charge in [0.2, 0.25) is 10.0 Å². The molecular weight excluding hydrogens is 304 g/mol. The molecule has 0 spiro atoms. The fourth-order valence-electron chi connectivity index (χ4n) is 1.75. The van der Waals surface area contributed by atoms with Crippen LogP contribution in [0.3, 0.4) is 0 Å². The molecule has 2 aromatic rings. The number of nitrogens with zero attached hydrogens (tertiary/aromatic N) is 1. The monoisotopic (exact) mass is 320 g/mol. The summed E-state index contributed by atoms with van der Waals surface area (Å²) in [6, 6.07) is 10.8. The zero-order valence-electron chi connectivity index (χ0n) is 11.9. The van der Waals surface area contributed by atoms with Crippen molar-refractivity contribution in [1.29, 1.82) is 0 Å². The van der Waals surface area contributed by atoms with E-state index < -0.39 is 10.0 Å². The summed E-state index contributed by atoms with van der Waals surface area (Å²) in [6.45, 7) is 2.27. The molecule has 0 radical (unpaired) electrons. The van der Waals surface area contributed by atoms with Crippen LogP contribution in [0.25, 0.3) is 0 Å². The van der Waals surface area contributed by atoms with Crippen molar-refractivity contribution in [3.8, 4) is 11.5 Å². The van der Waals surface area contributed by atoms with Crippen molar-refractivity contribution in [2.45, 2.75) is 11.8 Å². The number of sulfonamides is 1. The minimum absolute atomic E-state index is 0.0368. The normalized spacial score (nSPS) is 11.7. The molecule has 0 unspecified atom stereocenters. The molecule has 0 aliphatic carbocycles. The van der Waals surface area contributed by atoms with E-state index in [1.54, 1.807) is 30.5 Å². The minimum atomic E-state index is -3.70. The number of nitrogens with two attached hydrogens (primary N) is 1. The van der Waals surface area contributed by atoms with E-state index in [1.807, 2.05) is 6.92 Å². The van der Waals surface area contributed by atoms with Crippen molar-refractivity contribution >= 4 is 21.9 Å². The van der Waals surface area contributed by atoms with Crippen LogP contribution in [0.1, 0.15) is 12.5 Å². The van der Waals surface area contributed by atoms with Crippen LogP contribution in [0.2, 0.25) is 0 Å². The molecule has 0 aromatic heterocycles. The SMILES string of the molecule is CCOc1cc(/C=N/c2ccc(S(N)(=O)=O)cc2)ccc1O. The Balaban J connectivity index is 2.20. The van der Waals surface area contributed by atoms with Crippen molar-refractivity contribution < 1.29 is 18.3 Å². The molecule has 0 aliphatic heterocycles. The largest absolute Gasteiger partial charge is 0.504 e. The van der Waals surface area contributed by atoms with Gasteiger partial charge in [0, 0.05) is 6.21 Å². The Morgan fingerprint density at radius 1 is 1.23 bits per heavy atom. The van der Waals surface area contributed by atoms with Crippen molar-refractivity contribution in [3.63, 3.8) is 0 Å². The third-order valence-corrected chi connectivity index (χ3v) is 3.74. The smallest absolute Gasteiger partial charge is 0.238 e. The molecular formula is C15H16N2O4S.